The zero-order chi connectivity index (χ0) is 13.9. The lowest BCUT2D eigenvalue weighted by Gasteiger charge is -2.32. The van der Waals surface area contributed by atoms with Crippen LogP contribution in [-0.4, -0.2) is 39.1 Å². The lowest BCUT2D eigenvalue weighted by atomic mass is 9.96. The number of nitrogens with one attached hydrogen (secondary N) is 1. The van der Waals surface area contributed by atoms with Gasteiger partial charge in [0.1, 0.15) is 11.6 Å². The molecule has 2 N–H and O–H groups in total. The highest BCUT2D eigenvalue weighted by Crippen LogP contribution is 2.27. The number of carboxylic acids is 1. The largest absolute Gasteiger partial charge is 0.477 e. The van der Waals surface area contributed by atoms with Gasteiger partial charge in [-0.15, -0.1) is 0 Å². The molecule has 0 aromatic carbocycles. The minimum Gasteiger partial charge on any atom is -0.477 e. The van der Waals surface area contributed by atoms with Crippen LogP contribution in [0.3, 0.4) is 0 Å². The molecule has 6 heteroatoms. The summed E-state index contributed by atoms with van der Waals surface area (Å²) in [6.07, 6.45) is 5.61. The van der Waals surface area contributed by atoms with Crippen LogP contribution in [0, 0.1) is 0 Å². The number of carbonyl (C=O) groups is 1. The van der Waals surface area contributed by atoms with Crippen LogP contribution in [0.15, 0.2) is 30.6 Å². The van der Waals surface area contributed by atoms with Crippen molar-refractivity contribution in [2.45, 2.75) is 18.8 Å². The maximum absolute atomic E-state index is 10.9. The summed E-state index contributed by atoms with van der Waals surface area (Å²) in [6.45, 7) is 1.73. The summed E-state index contributed by atoms with van der Waals surface area (Å²) in [5.74, 6) is 1.24. The van der Waals surface area contributed by atoms with E-state index in [1.165, 1.54) is 6.07 Å². The number of nitrogens with zero attached hydrogens (tertiary/aromatic N) is 3. The minimum atomic E-state index is -0.989. The van der Waals surface area contributed by atoms with E-state index in [0.29, 0.717) is 5.92 Å². The molecule has 20 heavy (non-hydrogen) atoms. The number of imidazole rings is 1. The van der Waals surface area contributed by atoms with E-state index < -0.39 is 5.97 Å². The highest BCUT2D eigenvalue weighted by molar-refractivity contribution is 5.85. The Hall–Kier alpha value is -2.37. The summed E-state index contributed by atoms with van der Waals surface area (Å²) in [5.41, 5.74) is 0.0932. The van der Waals surface area contributed by atoms with Crippen molar-refractivity contribution in [2.75, 3.05) is 18.0 Å². The Morgan fingerprint density at radius 3 is 2.80 bits per heavy atom. The third-order valence-electron chi connectivity index (χ3n) is 3.68. The van der Waals surface area contributed by atoms with Crippen LogP contribution in [0.1, 0.15) is 35.1 Å². The number of carboxylic acid groups (broad SMARTS) is 1. The molecule has 104 valence electrons. The van der Waals surface area contributed by atoms with Crippen LogP contribution >= 0.6 is 0 Å². The second-order valence-electron chi connectivity index (χ2n) is 4.92. The number of anilines is 1. The van der Waals surface area contributed by atoms with Crippen molar-refractivity contribution in [2.24, 2.45) is 0 Å². The molecule has 1 saturated heterocycles. The molecule has 0 unspecified atom stereocenters. The lowest BCUT2D eigenvalue weighted by Crippen LogP contribution is -2.34. The first-order chi connectivity index (χ1) is 9.74. The number of aromatic amines is 1. The number of H-pyrrole nitrogens is 1. The molecule has 1 aliphatic rings. The summed E-state index contributed by atoms with van der Waals surface area (Å²) in [7, 11) is 0. The standard InChI is InChI=1S/C14H16N4O2/c19-14(20)11-2-1-3-12(17-11)18-8-4-10(5-9-18)13-15-6-7-16-13/h1-3,6-7,10H,4-5,8-9H2,(H,15,16)(H,19,20). The third-order valence-corrected chi connectivity index (χ3v) is 3.68. The summed E-state index contributed by atoms with van der Waals surface area (Å²) in [4.78, 5) is 24.7. The molecule has 0 aliphatic carbocycles. The summed E-state index contributed by atoms with van der Waals surface area (Å²) < 4.78 is 0. The molecule has 2 aromatic heterocycles. The SMILES string of the molecule is O=C(O)c1cccc(N2CCC(c3ncc[nH]3)CC2)n1. The summed E-state index contributed by atoms with van der Waals surface area (Å²) in [5, 5.41) is 8.98. The zero-order valence-corrected chi connectivity index (χ0v) is 11.0. The van der Waals surface area contributed by atoms with E-state index in [4.69, 9.17) is 5.11 Å². The Balaban J connectivity index is 1.69. The number of rotatable bonds is 3. The van der Waals surface area contributed by atoms with E-state index in [-0.39, 0.29) is 5.69 Å². The van der Waals surface area contributed by atoms with Crippen molar-refractivity contribution < 1.29 is 9.90 Å². The van der Waals surface area contributed by atoms with E-state index in [9.17, 15) is 4.79 Å². The molecule has 0 atom stereocenters. The minimum absolute atomic E-state index is 0.0932. The molecule has 0 radical (unpaired) electrons. The van der Waals surface area contributed by atoms with Crippen LogP contribution in [-0.2, 0) is 0 Å². The molecule has 0 bridgehead atoms. The van der Waals surface area contributed by atoms with Crippen LogP contribution in [0.2, 0.25) is 0 Å². The van der Waals surface area contributed by atoms with Crippen LogP contribution in [0.4, 0.5) is 5.82 Å². The number of aromatic nitrogens is 3. The molecule has 0 spiro atoms. The fourth-order valence-electron chi connectivity index (χ4n) is 2.60. The maximum Gasteiger partial charge on any atom is 0.354 e. The predicted molar refractivity (Wildman–Crippen MR) is 74.0 cm³/mol. The Labute approximate surface area is 116 Å². The van der Waals surface area contributed by atoms with Gasteiger partial charge in [-0.25, -0.2) is 14.8 Å². The van der Waals surface area contributed by atoms with Gasteiger partial charge in [-0.2, -0.15) is 0 Å². The summed E-state index contributed by atoms with van der Waals surface area (Å²) in [6, 6.07) is 5.12. The smallest absolute Gasteiger partial charge is 0.354 e. The highest BCUT2D eigenvalue weighted by atomic mass is 16.4. The molecular formula is C14H16N4O2. The number of aromatic carboxylic acids is 1. The topological polar surface area (TPSA) is 82.1 Å². The van der Waals surface area contributed by atoms with Gasteiger partial charge in [0, 0.05) is 31.4 Å². The van der Waals surface area contributed by atoms with Crippen molar-refractivity contribution in [3.05, 3.63) is 42.1 Å². The molecule has 0 saturated carbocycles. The van der Waals surface area contributed by atoms with Gasteiger partial charge >= 0.3 is 5.97 Å². The van der Waals surface area contributed by atoms with Gasteiger partial charge in [0.2, 0.25) is 0 Å². The molecule has 0 amide bonds. The second-order valence-corrected chi connectivity index (χ2v) is 4.92. The average molecular weight is 272 g/mol. The first-order valence-electron chi connectivity index (χ1n) is 6.68. The average Bonchev–Trinajstić information content (AvgIpc) is 3.02. The molecule has 1 fully saturated rings. The van der Waals surface area contributed by atoms with Gasteiger partial charge in [-0.3, -0.25) is 0 Å². The second kappa shape index (κ2) is 5.32. The fraction of sp³-hybridized carbons (Fsp3) is 0.357. The number of hydrogen-bond donors (Lipinski definition) is 2. The lowest BCUT2D eigenvalue weighted by molar-refractivity contribution is 0.0690. The third kappa shape index (κ3) is 2.49. The zero-order valence-electron chi connectivity index (χ0n) is 11.0. The van der Waals surface area contributed by atoms with Crippen molar-refractivity contribution in [1.29, 1.82) is 0 Å². The van der Waals surface area contributed by atoms with Crippen molar-refractivity contribution >= 4 is 11.8 Å². The summed E-state index contributed by atoms with van der Waals surface area (Å²) >= 11 is 0. The Bertz CT molecular complexity index is 589. The van der Waals surface area contributed by atoms with E-state index in [0.717, 1.165) is 37.6 Å². The van der Waals surface area contributed by atoms with E-state index in [1.54, 1.807) is 12.3 Å². The molecule has 6 nitrogen and oxygen atoms in total. The molecule has 2 aromatic rings. The Morgan fingerprint density at radius 1 is 1.35 bits per heavy atom. The molecule has 3 rings (SSSR count). The van der Waals surface area contributed by atoms with Gasteiger partial charge < -0.3 is 15.0 Å². The Morgan fingerprint density at radius 2 is 2.15 bits per heavy atom. The van der Waals surface area contributed by atoms with Crippen LogP contribution in [0.25, 0.3) is 0 Å². The quantitative estimate of drug-likeness (QED) is 0.891. The van der Waals surface area contributed by atoms with Gasteiger partial charge in [0.15, 0.2) is 5.69 Å². The normalized spacial score (nSPS) is 16.3. The Kier molecular flexibility index (Phi) is 3.37. The van der Waals surface area contributed by atoms with Crippen molar-refractivity contribution in [3.8, 4) is 0 Å². The maximum atomic E-state index is 10.9. The monoisotopic (exact) mass is 272 g/mol. The van der Waals surface area contributed by atoms with E-state index in [1.807, 2.05) is 12.3 Å². The fourth-order valence-corrected chi connectivity index (χ4v) is 2.60. The highest BCUT2D eigenvalue weighted by Gasteiger charge is 2.23. The first-order valence-corrected chi connectivity index (χ1v) is 6.68. The van der Waals surface area contributed by atoms with Crippen molar-refractivity contribution in [1.82, 2.24) is 15.0 Å². The van der Waals surface area contributed by atoms with Crippen LogP contribution in [0.5, 0.6) is 0 Å². The number of piperidine rings is 1. The van der Waals surface area contributed by atoms with Gasteiger partial charge in [-0.1, -0.05) is 6.07 Å². The number of pyridine rings is 1. The molecule has 3 heterocycles. The van der Waals surface area contributed by atoms with Gasteiger partial charge in [0.25, 0.3) is 0 Å². The first kappa shape index (κ1) is 12.7. The number of hydrogen-bond acceptors (Lipinski definition) is 4. The van der Waals surface area contributed by atoms with Gasteiger partial charge in [0.05, 0.1) is 0 Å². The molecular weight excluding hydrogens is 256 g/mol. The van der Waals surface area contributed by atoms with Crippen molar-refractivity contribution in [3.63, 3.8) is 0 Å². The van der Waals surface area contributed by atoms with E-state index in [2.05, 4.69) is 19.9 Å². The van der Waals surface area contributed by atoms with Crippen LogP contribution < -0.4 is 4.90 Å². The predicted octanol–water partition coefficient (Wildman–Crippen LogP) is 1.89. The molecule has 1 aliphatic heterocycles. The van der Waals surface area contributed by atoms with E-state index >= 15 is 0 Å². The van der Waals surface area contributed by atoms with Gasteiger partial charge in [-0.05, 0) is 25.0 Å².